The Hall–Kier alpha value is -2.40. The molecule has 1 aromatic carbocycles. The van der Waals surface area contributed by atoms with Crippen LogP contribution in [0.4, 0.5) is 0 Å². The highest BCUT2D eigenvalue weighted by Gasteiger charge is 2.17. The first-order chi connectivity index (χ1) is 11.0. The van der Waals surface area contributed by atoms with Crippen molar-refractivity contribution in [2.45, 2.75) is 13.5 Å². The maximum atomic E-state index is 12.2. The number of hydrogen-bond donors (Lipinski definition) is 0. The summed E-state index contributed by atoms with van der Waals surface area (Å²) in [4.78, 5) is 22.9. The summed E-state index contributed by atoms with van der Waals surface area (Å²) in [6.45, 7) is 2.16. The quantitative estimate of drug-likeness (QED) is 0.742. The number of aromatic nitrogens is 3. The Morgan fingerprint density at radius 3 is 2.61 bits per heavy atom. The zero-order valence-electron chi connectivity index (χ0n) is 13.2. The molecule has 23 heavy (non-hydrogen) atoms. The molecular formula is C17H17ClN4O. The Bertz CT molecular complexity index is 868. The van der Waals surface area contributed by atoms with Crippen molar-refractivity contribution in [1.82, 2.24) is 19.4 Å². The first-order valence-corrected chi connectivity index (χ1v) is 7.62. The van der Waals surface area contributed by atoms with Crippen LogP contribution in [0.1, 0.15) is 5.56 Å². The summed E-state index contributed by atoms with van der Waals surface area (Å²) in [5.74, 6) is 0.701. The standard InChI is InChI=1S/C17H17ClN4O/c1-11-8-14-17(19-9-11)22(10-15(23)21(2)3)16(20-14)12-4-6-13(18)7-5-12/h4-9H,10H2,1-3H3. The third kappa shape index (κ3) is 3.05. The maximum absolute atomic E-state index is 12.2. The molecule has 0 radical (unpaired) electrons. The van der Waals surface area contributed by atoms with Gasteiger partial charge in [0.25, 0.3) is 0 Å². The molecule has 3 aromatic rings. The van der Waals surface area contributed by atoms with Gasteiger partial charge in [-0.2, -0.15) is 0 Å². The van der Waals surface area contributed by atoms with Crippen LogP contribution in [0.25, 0.3) is 22.6 Å². The van der Waals surface area contributed by atoms with E-state index in [0.29, 0.717) is 16.5 Å². The Labute approximate surface area is 139 Å². The molecule has 0 saturated heterocycles. The van der Waals surface area contributed by atoms with Crippen LogP contribution >= 0.6 is 11.6 Å². The fraction of sp³-hybridized carbons (Fsp3) is 0.235. The predicted octanol–water partition coefficient (Wildman–Crippen LogP) is 3.15. The summed E-state index contributed by atoms with van der Waals surface area (Å²) in [7, 11) is 3.47. The van der Waals surface area contributed by atoms with Gasteiger partial charge in [-0.05, 0) is 42.8 Å². The second-order valence-corrected chi connectivity index (χ2v) is 6.11. The molecular weight excluding hydrogens is 312 g/mol. The Balaban J connectivity index is 2.18. The minimum absolute atomic E-state index is 0.0121. The van der Waals surface area contributed by atoms with E-state index in [0.717, 1.165) is 16.6 Å². The molecule has 0 saturated carbocycles. The van der Waals surface area contributed by atoms with E-state index < -0.39 is 0 Å². The van der Waals surface area contributed by atoms with Crippen LogP contribution in [-0.2, 0) is 11.3 Å². The molecule has 0 spiro atoms. The van der Waals surface area contributed by atoms with Crippen LogP contribution in [0.2, 0.25) is 5.02 Å². The first-order valence-electron chi connectivity index (χ1n) is 7.24. The number of halogens is 1. The van der Waals surface area contributed by atoms with Crippen molar-refractivity contribution in [2.75, 3.05) is 14.1 Å². The molecule has 0 fully saturated rings. The van der Waals surface area contributed by atoms with Crippen LogP contribution in [0.15, 0.2) is 36.5 Å². The summed E-state index contributed by atoms with van der Waals surface area (Å²) in [5, 5.41) is 0.662. The van der Waals surface area contributed by atoms with Crippen molar-refractivity contribution in [1.29, 1.82) is 0 Å². The second kappa shape index (κ2) is 6.01. The molecule has 0 unspecified atom stereocenters. The second-order valence-electron chi connectivity index (χ2n) is 5.67. The lowest BCUT2D eigenvalue weighted by Gasteiger charge is -2.13. The van der Waals surface area contributed by atoms with Gasteiger partial charge in [0.1, 0.15) is 17.9 Å². The largest absolute Gasteiger partial charge is 0.347 e. The van der Waals surface area contributed by atoms with E-state index in [1.807, 2.05) is 41.8 Å². The molecule has 2 heterocycles. The molecule has 0 aliphatic rings. The molecule has 0 bridgehead atoms. The Kier molecular flexibility index (Phi) is 4.05. The number of rotatable bonds is 3. The predicted molar refractivity (Wildman–Crippen MR) is 91.4 cm³/mol. The molecule has 5 nitrogen and oxygen atoms in total. The number of aryl methyl sites for hydroxylation is 1. The minimum Gasteiger partial charge on any atom is -0.347 e. The first kappa shape index (κ1) is 15.5. The van der Waals surface area contributed by atoms with E-state index in [1.165, 1.54) is 0 Å². The smallest absolute Gasteiger partial charge is 0.242 e. The van der Waals surface area contributed by atoms with Gasteiger partial charge in [0, 0.05) is 30.9 Å². The van der Waals surface area contributed by atoms with Crippen molar-refractivity contribution < 1.29 is 4.79 Å². The molecule has 3 rings (SSSR count). The molecule has 0 aliphatic heterocycles. The zero-order valence-corrected chi connectivity index (χ0v) is 14.0. The maximum Gasteiger partial charge on any atom is 0.242 e. The van der Waals surface area contributed by atoms with Gasteiger partial charge in [0.05, 0.1) is 0 Å². The third-order valence-corrected chi connectivity index (χ3v) is 3.87. The van der Waals surface area contributed by atoms with Gasteiger partial charge in [0.15, 0.2) is 5.65 Å². The summed E-state index contributed by atoms with van der Waals surface area (Å²) in [5.41, 5.74) is 3.41. The highest BCUT2D eigenvalue weighted by Crippen LogP contribution is 2.25. The Morgan fingerprint density at radius 2 is 1.96 bits per heavy atom. The van der Waals surface area contributed by atoms with Gasteiger partial charge in [-0.15, -0.1) is 0 Å². The number of nitrogens with zero attached hydrogens (tertiary/aromatic N) is 4. The third-order valence-electron chi connectivity index (χ3n) is 3.62. The minimum atomic E-state index is -0.0121. The average molecular weight is 329 g/mol. The lowest BCUT2D eigenvalue weighted by atomic mass is 10.2. The summed E-state index contributed by atoms with van der Waals surface area (Å²) >= 11 is 5.96. The number of hydrogen-bond acceptors (Lipinski definition) is 3. The number of amides is 1. The van der Waals surface area contributed by atoms with Gasteiger partial charge in [-0.1, -0.05) is 11.6 Å². The number of benzene rings is 1. The van der Waals surface area contributed by atoms with E-state index in [1.54, 1.807) is 25.2 Å². The number of pyridine rings is 1. The number of imidazole rings is 1. The fourth-order valence-corrected chi connectivity index (χ4v) is 2.48. The molecule has 0 N–H and O–H groups in total. The van der Waals surface area contributed by atoms with Gasteiger partial charge >= 0.3 is 0 Å². The monoisotopic (exact) mass is 328 g/mol. The zero-order chi connectivity index (χ0) is 16.6. The molecule has 2 aromatic heterocycles. The van der Waals surface area contributed by atoms with Crippen LogP contribution < -0.4 is 0 Å². The topological polar surface area (TPSA) is 51.0 Å². The van der Waals surface area contributed by atoms with Crippen LogP contribution in [0, 0.1) is 6.92 Å². The van der Waals surface area contributed by atoms with Crippen LogP contribution in [-0.4, -0.2) is 39.4 Å². The van der Waals surface area contributed by atoms with Crippen molar-refractivity contribution in [3.8, 4) is 11.4 Å². The van der Waals surface area contributed by atoms with Gasteiger partial charge < -0.3 is 4.90 Å². The molecule has 1 amide bonds. The highest BCUT2D eigenvalue weighted by atomic mass is 35.5. The van der Waals surface area contributed by atoms with E-state index in [9.17, 15) is 4.79 Å². The summed E-state index contributed by atoms with van der Waals surface area (Å²) < 4.78 is 1.85. The summed E-state index contributed by atoms with van der Waals surface area (Å²) in [6, 6.07) is 9.39. The van der Waals surface area contributed by atoms with Crippen molar-refractivity contribution in [3.05, 3.63) is 47.1 Å². The van der Waals surface area contributed by atoms with Crippen LogP contribution in [0.3, 0.4) is 0 Å². The number of likely N-dealkylation sites (N-methyl/N-ethyl adjacent to an activating group) is 1. The van der Waals surface area contributed by atoms with Crippen molar-refractivity contribution >= 4 is 28.7 Å². The molecule has 118 valence electrons. The average Bonchev–Trinajstić information content (AvgIpc) is 2.85. The number of fused-ring (bicyclic) bond motifs is 1. The van der Waals surface area contributed by atoms with Gasteiger partial charge in [-0.3, -0.25) is 9.36 Å². The van der Waals surface area contributed by atoms with E-state index in [2.05, 4.69) is 9.97 Å². The molecule has 0 aliphatic carbocycles. The van der Waals surface area contributed by atoms with E-state index in [-0.39, 0.29) is 12.5 Å². The molecule has 0 atom stereocenters. The van der Waals surface area contributed by atoms with Crippen molar-refractivity contribution in [2.24, 2.45) is 0 Å². The lowest BCUT2D eigenvalue weighted by Crippen LogP contribution is -2.26. The molecule has 6 heteroatoms. The van der Waals surface area contributed by atoms with Crippen LogP contribution in [0.5, 0.6) is 0 Å². The summed E-state index contributed by atoms with van der Waals surface area (Å²) in [6.07, 6.45) is 1.78. The van der Waals surface area contributed by atoms with E-state index >= 15 is 0 Å². The van der Waals surface area contributed by atoms with E-state index in [4.69, 9.17) is 11.6 Å². The van der Waals surface area contributed by atoms with Crippen molar-refractivity contribution in [3.63, 3.8) is 0 Å². The SMILES string of the molecule is Cc1cnc2c(c1)nc(-c1ccc(Cl)cc1)n2CC(=O)N(C)C. The number of carbonyl (C=O) groups is 1. The Morgan fingerprint density at radius 1 is 1.26 bits per heavy atom. The lowest BCUT2D eigenvalue weighted by molar-refractivity contribution is -0.129. The highest BCUT2D eigenvalue weighted by molar-refractivity contribution is 6.30. The van der Waals surface area contributed by atoms with Gasteiger partial charge in [0.2, 0.25) is 5.91 Å². The van der Waals surface area contributed by atoms with Gasteiger partial charge in [-0.25, -0.2) is 9.97 Å². The fourth-order valence-electron chi connectivity index (χ4n) is 2.36. The number of carbonyl (C=O) groups excluding carboxylic acids is 1. The normalized spacial score (nSPS) is 11.0.